The van der Waals surface area contributed by atoms with Crippen LogP contribution in [0.5, 0.6) is 0 Å². The second kappa shape index (κ2) is 6.60. The highest BCUT2D eigenvalue weighted by atomic mass is 16.6. The molecule has 2 heterocycles. The van der Waals surface area contributed by atoms with Gasteiger partial charge >= 0.3 is 6.09 Å². The fourth-order valence-corrected chi connectivity index (χ4v) is 2.02. The van der Waals surface area contributed by atoms with Crippen LogP contribution in [0.1, 0.15) is 32.0 Å². The third kappa shape index (κ3) is 4.58. The summed E-state index contributed by atoms with van der Waals surface area (Å²) in [5, 5.41) is 2.75. The number of nitrogens with zero attached hydrogens (tertiary/aromatic N) is 3. The number of rotatable bonds is 4. The Labute approximate surface area is 130 Å². The normalized spacial score (nSPS) is 11.3. The van der Waals surface area contributed by atoms with Gasteiger partial charge < -0.3 is 14.6 Å². The fraction of sp³-hybridized carbons (Fsp3) is 0.438. The minimum Gasteiger partial charge on any atom is -0.444 e. The van der Waals surface area contributed by atoms with E-state index >= 15 is 0 Å². The average molecular weight is 302 g/mol. The van der Waals surface area contributed by atoms with Gasteiger partial charge in [-0.1, -0.05) is 0 Å². The highest BCUT2D eigenvalue weighted by molar-refractivity contribution is 5.67. The summed E-state index contributed by atoms with van der Waals surface area (Å²) < 4.78 is 7.17. The molecule has 0 aliphatic carbocycles. The zero-order chi connectivity index (χ0) is 16.2. The van der Waals surface area contributed by atoms with Crippen molar-refractivity contribution in [2.45, 2.75) is 39.7 Å². The molecule has 0 atom stereocenters. The molecule has 6 nitrogen and oxygen atoms in total. The number of carbonyl (C=O) groups excluding carboxylic acids is 1. The van der Waals surface area contributed by atoms with Gasteiger partial charge in [0.05, 0.1) is 18.2 Å². The van der Waals surface area contributed by atoms with Crippen molar-refractivity contribution in [3.63, 3.8) is 0 Å². The van der Waals surface area contributed by atoms with E-state index in [9.17, 15) is 4.79 Å². The average Bonchev–Trinajstić information content (AvgIpc) is 2.85. The molecule has 0 unspecified atom stereocenters. The van der Waals surface area contributed by atoms with E-state index in [1.165, 1.54) is 0 Å². The van der Waals surface area contributed by atoms with Crippen molar-refractivity contribution in [1.82, 2.24) is 19.9 Å². The second-order valence-corrected chi connectivity index (χ2v) is 6.15. The van der Waals surface area contributed by atoms with Gasteiger partial charge in [0.25, 0.3) is 0 Å². The first-order valence-electron chi connectivity index (χ1n) is 7.25. The molecule has 0 fully saturated rings. The van der Waals surface area contributed by atoms with E-state index in [2.05, 4.69) is 15.3 Å². The molecule has 0 saturated carbocycles. The Morgan fingerprint density at radius 2 is 2.05 bits per heavy atom. The van der Waals surface area contributed by atoms with Crippen LogP contribution in [0.2, 0.25) is 0 Å². The predicted molar refractivity (Wildman–Crippen MR) is 84.0 cm³/mol. The van der Waals surface area contributed by atoms with Gasteiger partial charge in [-0.05, 0) is 39.3 Å². The molecule has 2 aromatic heterocycles. The van der Waals surface area contributed by atoms with E-state index in [-0.39, 0.29) is 0 Å². The molecule has 2 rings (SSSR count). The maximum Gasteiger partial charge on any atom is 0.407 e. The second-order valence-electron chi connectivity index (χ2n) is 6.15. The smallest absolute Gasteiger partial charge is 0.407 e. The summed E-state index contributed by atoms with van der Waals surface area (Å²) in [6.45, 7) is 8.00. The summed E-state index contributed by atoms with van der Waals surface area (Å²) in [4.78, 5) is 20.0. The lowest BCUT2D eigenvalue weighted by Gasteiger charge is -2.19. The molecule has 0 radical (unpaired) electrons. The lowest BCUT2D eigenvalue weighted by molar-refractivity contribution is 0.0528. The van der Waals surface area contributed by atoms with Crippen molar-refractivity contribution in [2.24, 2.45) is 0 Å². The van der Waals surface area contributed by atoms with Crippen LogP contribution in [0.3, 0.4) is 0 Å². The molecule has 2 aromatic rings. The van der Waals surface area contributed by atoms with Gasteiger partial charge in [0.1, 0.15) is 5.60 Å². The number of amides is 1. The highest BCUT2D eigenvalue weighted by Gasteiger charge is 2.15. The van der Waals surface area contributed by atoms with Crippen molar-refractivity contribution >= 4 is 6.09 Å². The molecule has 0 bridgehead atoms. The van der Waals surface area contributed by atoms with Crippen LogP contribution in [0.25, 0.3) is 5.69 Å². The molecule has 0 spiro atoms. The molecule has 22 heavy (non-hydrogen) atoms. The molecule has 1 N–H and O–H groups in total. The van der Waals surface area contributed by atoms with Crippen molar-refractivity contribution in [2.75, 3.05) is 6.54 Å². The third-order valence-electron chi connectivity index (χ3n) is 2.90. The topological polar surface area (TPSA) is 69.0 Å². The molecule has 118 valence electrons. The van der Waals surface area contributed by atoms with E-state index in [0.717, 1.165) is 16.9 Å². The number of aryl methyl sites for hydroxylation is 1. The van der Waals surface area contributed by atoms with Gasteiger partial charge in [-0.15, -0.1) is 0 Å². The van der Waals surface area contributed by atoms with Gasteiger partial charge in [0.2, 0.25) is 0 Å². The zero-order valence-corrected chi connectivity index (χ0v) is 13.5. The maximum atomic E-state index is 11.6. The number of imidazole rings is 1. The zero-order valence-electron chi connectivity index (χ0n) is 13.5. The van der Waals surface area contributed by atoms with E-state index < -0.39 is 11.7 Å². The highest BCUT2D eigenvalue weighted by Crippen LogP contribution is 2.12. The molecule has 0 aliphatic heterocycles. The van der Waals surface area contributed by atoms with E-state index in [4.69, 9.17) is 4.74 Å². The van der Waals surface area contributed by atoms with Gasteiger partial charge in [-0.25, -0.2) is 9.78 Å². The Morgan fingerprint density at radius 1 is 1.27 bits per heavy atom. The number of nitrogens with one attached hydrogen (secondary N) is 1. The van der Waals surface area contributed by atoms with Crippen LogP contribution in [0, 0.1) is 6.92 Å². The van der Waals surface area contributed by atoms with Crippen LogP contribution < -0.4 is 5.32 Å². The third-order valence-corrected chi connectivity index (χ3v) is 2.90. The van der Waals surface area contributed by atoms with Gasteiger partial charge in [0, 0.05) is 31.1 Å². The molecular weight excluding hydrogens is 280 g/mol. The number of alkyl carbamates (subject to hydrolysis) is 1. The van der Waals surface area contributed by atoms with Crippen molar-refractivity contribution in [3.8, 4) is 5.69 Å². The van der Waals surface area contributed by atoms with Crippen LogP contribution >= 0.6 is 0 Å². The summed E-state index contributed by atoms with van der Waals surface area (Å²) in [6, 6.07) is 2.04. The lowest BCUT2D eigenvalue weighted by Crippen LogP contribution is -2.33. The lowest BCUT2D eigenvalue weighted by atomic mass is 10.2. The summed E-state index contributed by atoms with van der Waals surface area (Å²) >= 11 is 0. The van der Waals surface area contributed by atoms with Crippen LogP contribution in [0.4, 0.5) is 4.79 Å². The van der Waals surface area contributed by atoms with Gasteiger partial charge in [-0.3, -0.25) is 4.98 Å². The Morgan fingerprint density at radius 3 is 2.73 bits per heavy atom. The molecule has 0 aliphatic rings. The summed E-state index contributed by atoms with van der Waals surface area (Å²) in [7, 11) is 0. The van der Waals surface area contributed by atoms with Crippen molar-refractivity contribution < 1.29 is 9.53 Å². The number of hydrogen-bond acceptors (Lipinski definition) is 4. The minimum atomic E-state index is -0.487. The number of hydrogen-bond donors (Lipinski definition) is 1. The number of carbonyl (C=O) groups is 1. The summed E-state index contributed by atoms with van der Waals surface area (Å²) in [5.74, 6) is 0. The Kier molecular flexibility index (Phi) is 4.80. The number of aromatic nitrogens is 3. The van der Waals surface area contributed by atoms with Crippen LogP contribution in [0.15, 0.2) is 31.0 Å². The van der Waals surface area contributed by atoms with E-state index in [1.54, 1.807) is 18.7 Å². The molecule has 6 heteroatoms. The maximum absolute atomic E-state index is 11.6. The largest absolute Gasteiger partial charge is 0.444 e. The number of pyridine rings is 1. The first-order valence-corrected chi connectivity index (χ1v) is 7.25. The monoisotopic (exact) mass is 302 g/mol. The van der Waals surface area contributed by atoms with E-state index in [0.29, 0.717) is 13.0 Å². The quantitative estimate of drug-likeness (QED) is 0.942. The molecular formula is C16H22N4O2. The number of ether oxygens (including phenoxy) is 1. The van der Waals surface area contributed by atoms with Crippen LogP contribution in [-0.2, 0) is 11.2 Å². The van der Waals surface area contributed by atoms with Crippen molar-refractivity contribution in [3.05, 3.63) is 42.2 Å². The van der Waals surface area contributed by atoms with Gasteiger partial charge in [-0.2, -0.15) is 0 Å². The molecule has 0 aromatic carbocycles. The Balaban J connectivity index is 1.95. The molecule has 1 amide bonds. The molecule has 0 saturated heterocycles. The van der Waals surface area contributed by atoms with Crippen LogP contribution in [-0.4, -0.2) is 32.8 Å². The fourth-order valence-electron chi connectivity index (χ4n) is 2.02. The Hall–Kier alpha value is -2.37. The minimum absolute atomic E-state index is 0.407. The van der Waals surface area contributed by atoms with E-state index in [1.807, 2.05) is 44.5 Å². The van der Waals surface area contributed by atoms with Crippen molar-refractivity contribution in [1.29, 1.82) is 0 Å². The predicted octanol–water partition coefficient (Wildman–Crippen LogP) is 2.64. The summed E-state index contributed by atoms with van der Waals surface area (Å²) in [5.41, 5.74) is 2.57. The van der Waals surface area contributed by atoms with Gasteiger partial charge in [0.15, 0.2) is 0 Å². The first kappa shape index (κ1) is 16.0. The SMILES string of the molecule is Cc1cncc(-n2cncc2CCNC(=O)OC(C)(C)C)c1. The standard InChI is InChI=1S/C16H22N4O2/c1-12-7-14(10-17-8-12)20-11-18-9-13(20)5-6-19-15(21)22-16(2,3)4/h7-11H,5-6H2,1-4H3,(H,19,21). The first-order chi connectivity index (χ1) is 10.3. The summed E-state index contributed by atoms with van der Waals surface area (Å²) in [6.07, 6.45) is 7.39. The Bertz CT molecular complexity index is 644.